The molecule has 0 atom stereocenters. The largest absolute Gasteiger partial charge is 0.349 e. The number of pyridine rings is 1. The van der Waals surface area contributed by atoms with Gasteiger partial charge in [0.15, 0.2) is 5.65 Å². The number of piperidine rings is 1. The van der Waals surface area contributed by atoms with Crippen LogP contribution in [0.15, 0.2) is 29.8 Å². The number of hydrogen-bond acceptors (Lipinski definition) is 6. The molecule has 8 nitrogen and oxygen atoms in total. The number of sulfonamides is 1. The van der Waals surface area contributed by atoms with Crippen molar-refractivity contribution in [1.82, 2.24) is 24.4 Å². The van der Waals surface area contributed by atoms with Crippen molar-refractivity contribution in [2.24, 2.45) is 0 Å². The molecule has 0 spiro atoms. The van der Waals surface area contributed by atoms with E-state index >= 15 is 0 Å². The van der Waals surface area contributed by atoms with Gasteiger partial charge in [-0.25, -0.2) is 22.4 Å². The average Bonchev–Trinajstić information content (AvgIpc) is 3.38. The summed E-state index contributed by atoms with van der Waals surface area (Å²) in [4.78, 5) is 18.9. The molecule has 0 aliphatic carbocycles. The van der Waals surface area contributed by atoms with Gasteiger partial charge >= 0.3 is 0 Å². The maximum Gasteiger partial charge on any atom is 0.252 e. The number of carbonyl (C=O) groups is 1. The second-order valence-electron chi connectivity index (χ2n) is 7.89. The summed E-state index contributed by atoms with van der Waals surface area (Å²) in [5.41, 5.74) is 2.01. The van der Waals surface area contributed by atoms with Crippen LogP contribution < -0.4 is 5.32 Å². The highest BCUT2D eigenvalue weighted by molar-refractivity contribution is 7.89. The summed E-state index contributed by atoms with van der Waals surface area (Å²) in [6.45, 7) is 5.23. The van der Waals surface area contributed by atoms with Crippen molar-refractivity contribution in [2.45, 2.75) is 45.7 Å². The Morgan fingerprint density at radius 3 is 2.77 bits per heavy atom. The Kier molecular flexibility index (Phi) is 6.40. The number of carbonyl (C=O) groups excluding carboxylic acids is 1. The minimum absolute atomic E-state index is 0.0507. The van der Waals surface area contributed by atoms with E-state index in [1.54, 1.807) is 27.9 Å². The fourth-order valence-corrected chi connectivity index (χ4v) is 6.18. The van der Waals surface area contributed by atoms with E-state index < -0.39 is 10.0 Å². The molecule has 0 bridgehead atoms. The second-order valence-corrected chi connectivity index (χ2v) is 11.0. The van der Waals surface area contributed by atoms with Gasteiger partial charge in [-0.3, -0.25) is 4.79 Å². The summed E-state index contributed by atoms with van der Waals surface area (Å²) in [7, 11) is -3.19. The molecular weight excluding hydrogens is 434 g/mol. The summed E-state index contributed by atoms with van der Waals surface area (Å²) in [6, 6.07) is 5.79. The minimum atomic E-state index is -3.19. The quantitative estimate of drug-likeness (QED) is 0.584. The molecule has 1 fully saturated rings. The highest BCUT2D eigenvalue weighted by Gasteiger charge is 2.28. The lowest BCUT2D eigenvalue weighted by atomic mass is 10.1. The van der Waals surface area contributed by atoms with E-state index in [1.165, 1.54) is 4.88 Å². The molecule has 0 aromatic carbocycles. The molecule has 0 unspecified atom stereocenters. The number of fused-ring (bicyclic) bond motifs is 1. The molecular formula is C21H27N5O3S2. The van der Waals surface area contributed by atoms with Gasteiger partial charge in [-0.15, -0.1) is 11.3 Å². The van der Waals surface area contributed by atoms with Gasteiger partial charge in [0.05, 0.1) is 29.4 Å². The van der Waals surface area contributed by atoms with Crippen molar-refractivity contribution in [3.63, 3.8) is 0 Å². The molecule has 3 aromatic heterocycles. The molecule has 1 N–H and O–H groups in total. The first kappa shape index (κ1) is 21.9. The number of aromatic nitrogens is 3. The van der Waals surface area contributed by atoms with Gasteiger partial charge in [0.25, 0.3) is 5.91 Å². The molecule has 166 valence electrons. The summed E-state index contributed by atoms with van der Waals surface area (Å²) < 4.78 is 27.9. The Morgan fingerprint density at radius 2 is 2.10 bits per heavy atom. The van der Waals surface area contributed by atoms with Gasteiger partial charge in [-0.05, 0) is 43.7 Å². The lowest BCUT2D eigenvalue weighted by Gasteiger charge is -2.31. The standard InChI is InChI=1S/C21H27N5O3S2/c1-3-11-31(28,29)25-8-6-16(7-9-25)24-21(27)18-12-15(2)23-20-19(18)13-22-26(20)14-17-5-4-10-30-17/h4-5,10,12-13,16H,3,6-9,11,14H2,1-2H3,(H,24,27). The van der Waals surface area contributed by atoms with Crippen LogP contribution in [0.3, 0.4) is 0 Å². The van der Waals surface area contributed by atoms with E-state index in [9.17, 15) is 13.2 Å². The Morgan fingerprint density at radius 1 is 1.32 bits per heavy atom. The van der Waals surface area contributed by atoms with E-state index in [-0.39, 0.29) is 17.7 Å². The van der Waals surface area contributed by atoms with Crippen molar-refractivity contribution in [3.8, 4) is 0 Å². The van der Waals surface area contributed by atoms with Crippen LogP contribution in [0.1, 0.15) is 47.1 Å². The molecule has 3 aromatic rings. The van der Waals surface area contributed by atoms with Crippen LogP contribution in [-0.2, 0) is 16.6 Å². The molecule has 10 heteroatoms. The van der Waals surface area contributed by atoms with Crippen molar-refractivity contribution in [1.29, 1.82) is 0 Å². The Labute approximate surface area is 186 Å². The summed E-state index contributed by atoms with van der Waals surface area (Å²) in [5.74, 6) is 0.00866. The number of nitrogens with one attached hydrogen (secondary N) is 1. The summed E-state index contributed by atoms with van der Waals surface area (Å²) in [6.07, 6.45) is 3.53. The van der Waals surface area contributed by atoms with E-state index in [0.29, 0.717) is 50.1 Å². The molecule has 31 heavy (non-hydrogen) atoms. The smallest absolute Gasteiger partial charge is 0.252 e. The molecule has 4 heterocycles. The second kappa shape index (κ2) is 9.05. The Hall–Kier alpha value is -2.30. The molecule has 0 radical (unpaired) electrons. The third kappa shape index (κ3) is 4.81. The maximum atomic E-state index is 13.1. The van der Waals surface area contributed by atoms with Gasteiger partial charge in [0, 0.05) is 29.7 Å². The first-order valence-electron chi connectivity index (χ1n) is 10.5. The first-order valence-corrected chi connectivity index (χ1v) is 13.0. The van der Waals surface area contributed by atoms with Gasteiger partial charge in [0.1, 0.15) is 0 Å². The zero-order valence-corrected chi connectivity index (χ0v) is 19.4. The van der Waals surface area contributed by atoms with Gasteiger partial charge in [-0.2, -0.15) is 5.10 Å². The average molecular weight is 462 g/mol. The van der Waals surface area contributed by atoms with Crippen LogP contribution >= 0.6 is 11.3 Å². The number of hydrogen-bond donors (Lipinski definition) is 1. The zero-order chi connectivity index (χ0) is 22.0. The fraction of sp³-hybridized carbons (Fsp3) is 0.476. The predicted molar refractivity (Wildman–Crippen MR) is 122 cm³/mol. The molecule has 4 rings (SSSR count). The van der Waals surface area contributed by atoms with Crippen LogP contribution in [0, 0.1) is 6.92 Å². The SMILES string of the molecule is CCCS(=O)(=O)N1CCC(NC(=O)c2cc(C)nc3c2cnn3Cc2cccs2)CC1. The van der Waals surface area contributed by atoms with Crippen LogP contribution in [-0.4, -0.2) is 58.3 Å². The van der Waals surface area contributed by atoms with Gasteiger partial charge < -0.3 is 5.32 Å². The molecule has 1 saturated heterocycles. The Balaban J connectivity index is 1.48. The van der Waals surface area contributed by atoms with Gasteiger partial charge in [0.2, 0.25) is 10.0 Å². The third-order valence-electron chi connectivity index (χ3n) is 5.51. The molecule has 1 amide bonds. The van der Waals surface area contributed by atoms with Crippen molar-refractivity contribution >= 4 is 38.3 Å². The predicted octanol–water partition coefficient (Wildman–Crippen LogP) is 2.78. The topological polar surface area (TPSA) is 97.2 Å². The highest BCUT2D eigenvalue weighted by Crippen LogP contribution is 2.22. The number of rotatable bonds is 7. The van der Waals surface area contributed by atoms with E-state index in [2.05, 4.69) is 21.5 Å². The fourth-order valence-electron chi connectivity index (χ4n) is 3.96. The summed E-state index contributed by atoms with van der Waals surface area (Å²) >= 11 is 1.66. The van der Waals surface area contributed by atoms with Gasteiger partial charge in [-0.1, -0.05) is 13.0 Å². The number of thiophene rings is 1. The zero-order valence-electron chi connectivity index (χ0n) is 17.7. The van der Waals surface area contributed by atoms with Crippen molar-refractivity contribution in [3.05, 3.63) is 45.9 Å². The summed E-state index contributed by atoms with van der Waals surface area (Å²) in [5, 5.41) is 10.3. The number of nitrogens with zero attached hydrogens (tertiary/aromatic N) is 4. The molecule has 1 aliphatic heterocycles. The van der Waals surface area contributed by atoms with E-state index in [4.69, 9.17) is 0 Å². The molecule has 0 saturated carbocycles. The van der Waals surface area contributed by atoms with Crippen LogP contribution in [0.5, 0.6) is 0 Å². The lowest BCUT2D eigenvalue weighted by molar-refractivity contribution is 0.0925. The number of aryl methyl sites for hydroxylation is 1. The third-order valence-corrected chi connectivity index (χ3v) is 8.45. The highest BCUT2D eigenvalue weighted by atomic mass is 32.2. The molecule has 1 aliphatic rings. The minimum Gasteiger partial charge on any atom is -0.349 e. The lowest BCUT2D eigenvalue weighted by Crippen LogP contribution is -2.47. The van der Waals surface area contributed by atoms with Crippen LogP contribution in [0.2, 0.25) is 0 Å². The van der Waals surface area contributed by atoms with Crippen molar-refractivity contribution in [2.75, 3.05) is 18.8 Å². The Bertz CT molecular complexity index is 1160. The maximum absolute atomic E-state index is 13.1. The first-order chi connectivity index (χ1) is 14.9. The monoisotopic (exact) mass is 461 g/mol. The van der Waals surface area contributed by atoms with Crippen LogP contribution in [0.25, 0.3) is 11.0 Å². The van der Waals surface area contributed by atoms with Crippen LogP contribution in [0.4, 0.5) is 0 Å². The number of amides is 1. The van der Waals surface area contributed by atoms with E-state index in [1.807, 2.05) is 30.0 Å². The normalized spacial score (nSPS) is 16.1. The van der Waals surface area contributed by atoms with Crippen molar-refractivity contribution < 1.29 is 13.2 Å². The van der Waals surface area contributed by atoms with E-state index in [0.717, 1.165) is 11.1 Å².